The molecular formula is C14H16N4O2S. The van der Waals surface area contributed by atoms with Gasteiger partial charge in [-0.2, -0.15) is 0 Å². The highest BCUT2D eigenvalue weighted by Gasteiger charge is 2.22. The molecule has 1 N–H and O–H groups in total. The Morgan fingerprint density at radius 1 is 1.43 bits per heavy atom. The number of carbonyl (C=O) groups excluding carboxylic acids is 2. The van der Waals surface area contributed by atoms with Crippen LogP contribution in [0.5, 0.6) is 0 Å². The standard InChI is InChI=1S/C14H16N4O2S/c19-13(8-18-10-21-9-14(18)20)15-5-4-11-7-17-6-2-1-3-12(17)16-11/h1-3,6-7H,4-5,8-10H2,(H,15,19). The highest BCUT2D eigenvalue weighted by Crippen LogP contribution is 2.13. The fourth-order valence-corrected chi connectivity index (χ4v) is 3.11. The van der Waals surface area contributed by atoms with Crippen molar-refractivity contribution in [2.45, 2.75) is 6.42 Å². The van der Waals surface area contributed by atoms with Gasteiger partial charge >= 0.3 is 0 Å². The molecule has 0 radical (unpaired) electrons. The van der Waals surface area contributed by atoms with E-state index in [4.69, 9.17) is 0 Å². The van der Waals surface area contributed by atoms with Crippen LogP contribution in [0.3, 0.4) is 0 Å². The monoisotopic (exact) mass is 304 g/mol. The molecule has 0 saturated carbocycles. The summed E-state index contributed by atoms with van der Waals surface area (Å²) in [5.41, 5.74) is 1.84. The van der Waals surface area contributed by atoms with E-state index in [1.165, 1.54) is 11.8 Å². The molecule has 2 aromatic rings. The largest absolute Gasteiger partial charge is 0.354 e. The molecule has 0 unspecified atom stereocenters. The third-order valence-electron chi connectivity index (χ3n) is 3.28. The molecule has 7 heteroatoms. The Morgan fingerprint density at radius 2 is 2.33 bits per heavy atom. The zero-order valence-electron chi connectivity index (χ0n) is 11.5. The summed E-state index contributed by atoms with van der Waals surface area (Å²) in [6.07, 6.45) is 4.58. The number of amides is 2. The lowest BCUT2D eigenvalue weighted by molar-refractivity contribution is -0.132. The molecule has 110 valence electrons. The van der Waals surface area contributed by atoms with Gasteiger partial charge < -0.3 is 14.6 Å². The molecular weight excluding hydrogens is 288 g/mol. The molecule has 3 heterocycles. The maximum atomic E-state index is 11.8. The van der Waals surface area contributed by atoms with Gasteiger partial charge in [-0.25, -0.2) is 4.98 Å². The maximum absolute atomic E-state index is 11.8. The van der Waals surface area contributed by atoms with Crippen LogP contribution < -0.4 is 5.32 Å². The number of nitrogens with one attached hydrogen (secondary N) is 1. The molecule has 0 aliphatic carbocycles. The second-order valence-electron chi connectivity index (χ2n) is 4.87. The first-order chi connectivity index (χ1) is 10.2. The molecule has 6 nitrogen and oxygen atoms in total. The predicted molar refractivity (Wildman–Crippen MR) is 80.9 cm³/mol. The Bertz CT molecular complexity index is 637. The Kier molecular flexibility index (Phi) is 4.10. The number of thioether (sulfide) groups is 1. The smallest absolute Gasteiger partial charge is 0.239 e. The number of pyridine rings is 1. The molecule has 2 amide bonds. The molecule has 1 saturated heterocycles. The normalized spacial score (nSPS) is 14.9. The van der Waals surface area contributed by atoms with Crippen molar-refractivity contribution in [3.8, 4) is 0 Å². The third kappa shape index (κ3) is 3.36. The molecule has 1 fully saturated rings. The number of carbonyl (C=O) groups is 2. The topological polar surface area (TPSA) is 66.7 Å². The van der Waals surface area contributed by atoms with Gasteiger partial charge in [0.05, 0.1) is 17.3 Å². The van der Waals surface area contributed by atoms with E-state index in [-0.39, 0.29) is 18.4 Å². The fourth-order valence-electron chi connectivity index (χ4n) is 2.21. The molecule has 1 aliphatic rings. The van der Waals surface area contributed by atoms with Crippen LogP contribution in [0, 0.1) is 0 Å². The number of fused-ring (bicyclic) bond motifs is 1. The van der Waals surface area contributed by atoms with E-state index in [0.29, 0.717) is 24.6 Å². The van der Waals surface area contributed by atoms with Gasteiger partial charge in [-0.3, -0.25) is 9.59 Å². The minimum atomic E-state index is -0.116. The summed E-state index contributed by atoms with van der Waals surface area (Å²) in [5, 5.41) is 2.83. The van der Waals surface area contributed by atoms with Gasteiger partial charge in [0.2, 0.25) is 11.8 Å². The summed E-state index contributed by atoms with van der Waals surface area (Å²) in [6.45, 7) is 0.675. The Morgan fingerprint density at radius 3 is 3.10 bits per heavy atom. The molecule has 0 spiro atoms. The van der Waals surface area contributed by atoms with Crippen LogP contribution in [-0.2, 0) is 16.0 Å². The molecule has 3 rings (SSSR count). The van der Waals surface area contributed by atoms with E-state index in [2.05, 4.69) is 10.3 Å². The summed E-state index contributed by atoms with van der Waals surface area (Å²) in [4.78, 5) is 29.2. The van der Waals surface area contributed by atoms with Crippen LogP contribution in [0.2, 0.25) is 0 Å². The number of hydrogen-bond donors (Lipinski definition) is 1. The number of nitrogens with zero attached hydrogens (tertiary/aromatic N) is 3. The summed E-state index contributed by atoms with van der Waals surface area (Å²) in [5.74, 6) is 1.01. The van der Waals surface area contributed by atoms with Gasteiger partial charge in [-0.1, -0.05) is 6.07 Å². The average molecular weight is 304 g/mol. The number of rotatable bonds is 5. The van der Waals surface area contributed by atoms with Crippen molar-refractivity contribution in [3.63, 3.8) is 0 Å². The van der Waals surface area contributed by atoms with E-state index in [1.54, 1.807) is 4.90 Å². The van der Waals surface area contributed by atoms with Crippen molar-refractivity contribution in [2.75, 3.05) is 24.7 Å². The van der Waals surface area contributed by atoms with Gasteiger partial charge in [-0.15, -0.1) is 11.8 Å². The van der Waals surface area contributed by atoms with Crippen LogP contribution in [-0.4, -0.2) is 50.8 Å². The highest BCUT2D eigenvalue weighted by molar-refractivity contribution is 8.00. The highest BCUT2D eigenvalue weighted by atomic mass is 32.2. The van der Waals surface area contributed by atoms with Gasteiger partial charge in [0.15, 0.2) is 0 Å². The lowest BCUT2D eigenvalue weighted by Crippen LogP contribution is -2.38. The van der Waals surface area contributed by atoms with Crippen LogP contribution in [0.15, 0.2) is 30.6 Å². The van der Waals surface area contributed by atoms with Crippen molar-refractivity contribution in [1.29, 1.82) is 0 Å². The Hall–Kier alpha value is -2.02. The molecule has 0 bridgehead atoms. The molecule has 0 atom stereocenters. The first-order valence-electron chi connectivity index (χ1n) is 6.77. The van der Waals surface area contributed by atoms with Gasteiger partial charge in [0.1, 0.15) is 12.2 Å². The minimum Gasteiger partial charge on any atom is -0.354 e. The van der Waals surface area contributed by atoms with Crippen LogP contribution in [0.4, 0.5) is 0 Å². The lowest BCUT2D eigenvalue weighted by atomic mass is 10.3. The first kappa shape index (κ1) is 13.9. The zero-order valence-corrected chi connectivity index (χ0v) is 12.3. The molecule has 2 aromatic heterocycles. The van der Waals surface area contributed by atoms with Crippen molar-refractivity contribution in [1.82, 2.24) is 19.6 Å². The summed E-state index contributed by atoms with van der Waals surface area (Å²) in [7, 11) is 0. The van der Waals surface area contributed by atoms with Crippen molar-refractivity contribution in [3.05, 3.63) is 36.3 Å². The van der Waals surface area contributed by atoms with E-state index in [0.717, 1.165) is 11.3 Å². The van der Waals surface area contributed by atoms with E-state index in [1.807, 2.05) is 35.0 Å². The van der Waals surface area contributed by atoms with Crippen LogP contribution in [0.1, 0.15) is 5.69 Å². The van der Waals surface area contributed by atoms with Gasteiger partial charge in [-0.05, 0) is 12.1 Å². The molecule has 0 aromatic carbocycles. The van der Waals surface area contributed by atoms with Crippen molar-refractivity contribution in [2.24, 2.45) is 0 Å². The Labute approximate surface area is 126 Å². The first-order valence-corrected chi connectivity index (χ1v) is 7.93. The van der Waals surface area contributed by atoms with Crippen molar-refractivity contribution >= 4 is 29.2 Å². The minimum absolute atomic E-state index is 0.0375. The maximum Gasteiger partial charge on any atom is 0.239 e. The predicted octanol–water partition coefficient (Wildman–Crippen LogP) is 0.526. The summed E-state index contributed by atoms with van der Waals surface area (Å²) < 4.78 is 1.96. The van der Waals surface area contributed by atoms with Crippen LogP contribution in [0.25, 0.3) is 5.65 Å². The summed E-state index contributed by atoms with van der Waals surface area (Å²) in [6, 6.07) is 5.84. The Balaban J connectivity index is 1.47. The molecule has 1 aliphatic heterocycles. The fraction of sp³-hybridized carbons (Fsp3) is 0.357. The van der Waals surface area contributed by atoms with Gasteiger partial charge in [0, 0.05) is 25.4 Å². The van der Waals surface area contributed by atoms with Gasteiger partial charge in [0.25, 0.3) is 0 Å². The quantitative estimate of drug-likeness (QED) is 0.875. The SMILES string of the molecule is O=C(CN1CSCC1=O)NCCc1cn2ccccc2n1. The van der Waals surface area contributed by atoms with Crippen molar-refractivity contribution < 1.29 is 9.59 Å². The van der Waals surface area contributed by atoms with E-state index < -0.39 is 0 Å². The molecule has 21 heavy (non-hydrogen) atoms. The summed E-state index contributed by atoms with van der Waals surface area (Å²) >= 11 is 1.54. The van der Waals surface area contributed by atoms with E-state index >= 15 is 0 Å². The number of imidazole rings is 1. The zero-order chi connectivity index (χ0) is 14.7. The number of hydrogen-bond acceptors (Lipinski definition) is 4. The third-order valence-corrected chi connectivity index (χ3v) is 4.22. The average Bonchev–Trinajstić information content (AvgIpc) is 3.05. The lowest BCUT2D eigenvalue weighted by Gasteiger charge is -2.13. The second-order valence-corrected chi connectivity index (χ2v) is 5.82. The second kappa shape index (κ2) is 6.17. The number of aromatic nitrogens is 2. The van der Waals surface area contributed by atoms with E-state index in [9.17, 15) is 9.59 Å². The van der Waals surface area contributed by atoms with Crippen LogP contribution >= 0.6 is 11.8 Å².